The number of carbonyl (C=O) groups excluding carboxylic acids is 2. The Morgan fingerprint density at radius 1 is 0.441 bits per heavy atom. The van der Waals surface area contributed by atoms with Crippen LogP contribution in [0.5, 0.6) is 0 Å². The molecule has 0 aliphatic rings. The number of carbonyl (C=O) groups is 2. The number of rotatable bonds is 16. The lowest BCUT2D eigenvalue weighted by Crippen LogP contribution is -2.36. The summed E-state index contributed by atoms with van der Waals surface area (Å²) in [6.07, 6.45) is 0.615. The molecule has 0 spiro atoms. The first-order valence-corrected chi connectivity index (χ1v) is 22.2. The summed E-state index contributed by atoms with van der Waals surface area (Å²) in [5.74, 6) is -0.719. The zero-order chi connectivity index (χ0) is 42.2. The number of benzene rings is 6. The van der Waals surface area contributed by atoms with Crippen LogP contribution in [0.15, 0.2) is 168 Å². The van der Waals surface area contributed by atoms with E-state index in [1.807, 2.05) is 137 Å². The number of nitrogens with zero attached hydrogens (tertiary/aromatic N) is 2. The smallest absolute Gasteiger partial charge is 0.255 e. The van der Waals surface area contributed by atoms with Crippen molar-refractivity contribution in [2.75, 3.05) is 10.6 Å². The summed E-state index contributed by atoms with van der Waals surface area (Å²) in [6, 6.07) is 45.1. The molecule has 304 valence electrons. The van der Waals surface area contributed by atoms with Crippen LogP contribution in [0.2, 0.25) is 0 Å². The van der Waals surface area contributed by atoms with E-state index >= 15 is 0 Å². The summed E-state index contributed by atoms with van der Waals surface area (Å²) in [7, 11) is -7.60. The highest BCUT2D eigenvalue weighted by molar-refractivity contribution is 7.89. The van der Waals surface area contributed by atoms with Gasteiger partial charge in [0, 0.05) is 47.7 Å². The molecule has 2 amide bonds. The van der Waals surface area contributed by atoms with Gasteiger partial charge in [0.1, 0.15) is 0 Å². The number of hydrogen-bond acceptors (Lipinski definition) is 6. The normalized spacial score (nSPS) is 11.9. The fraction of sp³-hybridized carbons (Fsp3) is 0.191. The molecule has 12 heteroatoms. The highest BCUT2D eigenvalue weighted by atomic mass is 32.2. The molecule has 0 bridgehead atoms. The fourth-order valence-corrected chi connectivity index (χ4v) is 9.75. The van der Waals surface area contributed by atoms with E-state index in [0.717, 1.165) is 22.3 Å². The standard InChI is InChI=1S/C47H48N4O6S2/c1-34(2)50(32-38-11-7-5-8-12-38)58(54,55)44-27-19-40(20-28-44)46(52)48-42-23-15-36(16-24-42)31-37-17-25-43(26-18-37)49-47(53)41-21-29-45(30-22-41)59(56,57)51(35(3)4)33-39-13-9-6-10-14-39/h5-30,34-35H,31-33H2,1-4H3,(H,48,52)(H,49,53). The first kappa shape index (κ1) is 42.7. The number of anilines is 2. The summed E-state index contributed by atoms with van der Waals surface area (Å²) < 4.78 is 57.0. The maximum Gasteiger partial charge on any atom is 0.255 e. The van der Waals surface area contributed by atoms with Crippen molar-refractivity contribution in [3.05, 3.63) is 191 Å². The van der Waals surface area contributed by atoms with Gasteiger partial charge in [0.2, 0.25) is 20.0 Å². The van der Waals surface area contributed by atoms with Crippen LogP contribution in [0.3, 0.4) is 0 Å². The molecule has 0 aliphatic carbocycles. The zero-order valence-electron chi connectivity index (χ0n) is 33.4. The Bertz CT molecular complexity index is 2380. The van der Waals surface area contributed by atoms with Crippen LogP contribution in [0.4, 0.5) is 11.4 Å². The van der Waals surface area contributed by atoms with E-state index in [-0.39, 0.29) is 46.8 Å². The van der Waals surface area contributed by atoms with Crippen LogP contribution < -0.4 is 10.6 Å². The fourth-order valence-electron chi connectivity index (χ4n) is 6.50. The van der Waals surface area contributed by atoms with Crippen LogP contribution in [0.25, 0.3) is 0 Å². The highest BCUT2D eigenvalue weighted by Gasteiger charge is 2.29. The quantitative estimate of drug-likeness (QED) is 0.100. The Hall–Kier alpha value is -5.92. The molecule has 59 heavy (non-hydrogen) atoms. The number of nitrogens with one attached hydrogen (secondary N) is 2. The maximum absolute atomic E-state index is 13.5. The van der Waals surface area contributed by atoms with Crippen LogP contribution in [-0.2, 0) is 39.6 Å². The molecule has 0 saturated carbocycles. The maximum atomic E-state index is 13.5. The van der Waals surface area contributed by atoms with E-state index < -0.39 is 20.0 Å². The van der Waals surface area contributed by atoms with Gasteiger partial charge in [0.25, 0.3) is 11.8 Å². The van der Waals surface area contributed by atoms with Gasteiger partial charge in [-0.1, -0.05) is 84.9 Å². The van der Waals surface area contributed by atoms with Gasteiger partial charge < -0.3 is 10.6 Å². The summed E-state index contributed by atoms with van der Waals surface area (Å²) in [6.45, 7) is 7.83. The minimum absolute atomic E-state index is 0.118. The SMILES string of the molecule is CC(C)N(Cc1ccccc1)S(=O)(=O)c1ccc(C(=O)Nc2ccc(Cc3ccc(NC(=O)c4ccc(S(=O)(=O)N(Cc5ccccc5)C(C)C)cc4)cc3)cc2)cc1. The first-order valence-electron chi connectivity index (χ1n) is 19.3. The molecule has 6 aromatic carbocycles. The zero-order valence-corrected chi connectivity index (χ0v) is 35.1. The Labute approximate surface area is 347 Å². The van der Waals surface area contributed by atoms with Crippen molar-refractivity contribution in [3.8, 4) is 0 Å². The minimum atomic E-state index is -3.80. The van der Waals surface area contributed by atoms with E-state index in [4.69, 9.17) is 0 Å². The number of hydrogen-bond donors (Lipinski definition) is 2. The van der Waals surface area contributed by atoms with Crippen LogP contribution in [-0.4, -0.2) is 49.3 Å². The predicted molar refractivity (Wildman–Crippen MR) is 233 cm³/mol. The van der Waals surface area contributed by atoms with E-state index in [9.17, 15) is 26.4 Å². The molecule has 0 heterocycles. The van der Waals surface area contributed by atoms with Crippen molar-refractivity contribution < 1.29 is 26.4 Å². The number of sulfonamides is 2. The van der Waals surface area contributed by atoms with Crippen molar-refractivity contribution in [3.63, 3.8) is 0 Å². The van der Waals surface area contributed by atoms with Gasteiger partial charge in [-0.15, -0.1) is 0 Å². The molecular weight excluding hydrogens is 781 g/mol. The van der Waals surface area contributed by atoms with Crippen LogP contribution in [0.1, 0.15) is 70.7 Å². The summed E-state index contributed by atoms with van der Waals surface area (Å²) >= 11 is 0. The van der Waals surface area contributed by atoms with E-state index in [0.29, 0.717) is 28.9 Å². The molecule has 0 aromatic heterocycles. The van der Waals surface area contributed by atoms with Crippen LogP contribution in [0, 0.1) is 0 Å². The molecule has 6 rings (SSSR count). The van der Waals surface area contributed by atoms with Crippen molar-refractivity contribution in [2.45, 2.75) is 69.1 Å². The van der Waals surface area contributed by atoms with E-state index in [1.54, 1.807) is 0 Å². The molecule has 2 N–H and O–H groups in total. The third-order valence-electron chi connectivity index (χ3n) is 9.79. The van der Waals surface area contributed by atoms with Gasteiger partial charge in [-0.2, -0.15) is 8.61 Å². The Morgan fingerprint density at radius 2 is 0.763 bits per heavy atom. The second-order valence-corrected chi connectivity index (χ2v) is 18.6. The van der Waals surface area contributed by atoms with Gasteiger partial charge in [0.05, 0.1) is 9.79 Å². The van der Waals surface area contributed by atoms with Gasteiger partial charge in [-0.25, -0.2) is 16.8 Å². The van der Waals surface area contributed by atoms with E-state index in [1.165, 1.54) is 57.1 Å². The van der Waals surface area contributed by atoms with Gasteiger partial charge >= 0.3 is 0 Å². The molecule has 0 atom stereocenters. The predicted octanol–water partition coefficient (Wildman–Crippen LogP) is 8.98. The lowest BCUT2D eigenvalue weighted by atomic mass is 10.0. The average molecular weight is 829 g/mol. The minimum Gasteiger partial charge on any atom is -0.322 e. The van der Waals surface area contributed by atoms with Crippen molar-refractivity contribution >= 4 is 43.2 Å². The largest absolute Gasteiger partial charge is 0.322 e. The molecular formula is C47H48N4O6S2. The van der Waals surface area contributed by atoms with Gasteiger partial charge in [-0.3, -0.25) is 9.59 Å². The third-order valence-corrected chi connectivity index (χ3v) is 13.9. The Morgan fingerprint density at radius 3 is 1.07 bits per heavy atom. The summed E-state index contributed by atoms with van der Waals surface area (Å²) in [5, 5.41) is 5.76. The van der Waals surface area contributed by atoms with Crippen molar-refractivity contribution in [1.29, 1.82) is 0 Å². The van der Waals surface area contributed by atoms with Crippen molar-refractivity contribution in [2.24, 2.45) is 0 Å². The third kappa shape index (κ3) is 10.8. The molecule has 0 fully saturated rings. The number of amides is 2. The Kier molecular flexibility index (Phi) is 13.6. The lowest BCUT2D eigenvalue weighted by Gasteiger charge is -2.26. The first-order chi connectivity index (χ1) is 28.2. The lowest BCUT2D eigenvalue weighted by molar-refractivity contribution is 0.101. The molecule has 0 unspecified atom stereocenters. The van der Waals surface area contributed by atoms with Gasteiger partial charge in [0.15, 0.2) is 0 Å². The topological polar surface area (TPSA) is 133 Å². The molecule has 6 aromatic rings. The second-order valence-electron chi connectivity index (χ2n) is 14.8. The van der Waals surface area contributed by atoms with Crippen LogP contribution >= 0.6 is 0 Å². The van der Waals surface area contributed by atoms with Crippen molar-refractivity contribution in [1.82, 2.24) is 8.61 Å². The second kappa shape index (κ2) is 18.8. The highest BCUT2D eigenvalue weighted by Crippen LogP contribution is 2.24. The summed E-state index contributed by atoms with van der Waals surface area (Å²) in [5.41, 5.74) is 5.64. The molecule has 10 nitrogen and oxygen atoms in total. The monoisotopic (exact) mass is 828 g/mol. The summed E-state index contributed by atoms with van der Waals surface area (Å²) in [4.78, 5) is 26.4. The Balaban J connectivity index is 1.01. The van der Waals surface area contributed by atoms with Gasteiger partial charge in [-0.05, 0) is 129 Å². The van der Waals surface area contributed by atoms with E-state index in [2.05, 4.69) is 10.6 Å². The molecule has 0 saturated heterocycles. The molecule has 0 aliphatic heterocycles. The molecule has 0 radical (unpaired) electrons. The average Bonchev–Trinajstić information content (AvgIpc) is 3.23.